The van der Waals surface area contributed by atoms with Crippen molar-refractivity contribution in [3.05, 3.63) is 23.9 Å². The van der Waals surface area contributed by atoms with E-state index in [1.807, 2.05) is 18.2 Å². The van der Waals surface area contributed by atoms with Crippen molar-refractivity contribution in [2.45, 2.75) is 53.1 Å². The minimum atomic E-state index is 0.259. The lowest BCUT2D eigenvalue weighted by Gasteiger charge is -2.20. The van der Waals surface area contributed by atoms with Crippen LogP contribution in [-0.4, -0.2) is 11.1 Å². The van der Waals surface area contributed by atoms with Gasteiger partial charge in [0.15, 0.2) is 0 Å². The summed E-state index contributed by atoms with van der Waals surface area (Å²) in [5, 5.41) is 0. The predicted octanol–water partition coefficient (Wildman–Crippen LogP) is 4.02. The van der Waals surface area contributed by atoms with Crippen LogP contribution in [-0.2, 0) is 0 Å². The van der Waals surface area contributed by atoms with Crippen LogP contribution >= 0.6 is 0 Å². The summed E-state index contributed by atoms with van der Waals surface area (Å²) >= 11 is 0. The summed E-state index contributed by atoms with van der Waals surface area (Å²) in [5.41, 5.74) is 1.09. The van der Waals surface area contributed by atoms with Crippen LogP contribution in [0.1, 0.15) is 52.7 Å². The molecule has 0 aliphatic heterocycles. The molecule has 1 heterocycles. The molecule has 0 aromatic carbocycles. The summed E-state index contributed by atoms with van der Waals surface area (Å²) in [6.07, 6.45) is 1.28. The van der Waals surface area contributed by atoms with E-state index in [0.29, 0.717) is 11.8 Å². The van der Waals surface area contributed by atoms with E-state index in [4.69, 9.17) is 4.74 Å². The molecule has 16 heavy (non-hydrogen) atoms. The van der Waals surface area contributed by atoms with E-state index in [0.717, 1.165) is 18.0 Å². The van der Waals surface area contributed by atoms with Crippen molar-refractivity contribution >= 4 is 0 Å². The molecule has 1 unspecified atom stereocenters. The van der Waals surface area contributed by atoms with Crippen LogP contribution < -0.4 is 4.74 Å². The molecule has 90 valence electrons. The molecule has 2 nitrogen and oxygen atoms in total. The third-order valence-electron chi connectivity index (χ3n) is 2.75. The van der Waals surface area contributed by atoms with Gasteiger partial charge in [0.25, 0.3) is 0 Å². The Morgan fingerprint density at radius 2 is 1.88 bits per heavy atom. The normalized spacial score (nSPS) is 13.2. The molecule has 0 saturated heterocycles. The van der Waals surface area contributed by atoms with Gasteiger partial charge in [0.2, 0.25) is 5.88 Å². The molecule has 0 aliphatic carbocycles. The minimum Gasteiger partial charge on any atom is -0.474 e. The summed E-state index contributed by atoms with van der Waals surface area (Å²) in [6, 6.07) is 6.01. The Hall–Kier alpha value is -1.05. The molecule has 1 atom stereocenters. The second kappa shape index (κ2) is 5.88. The summed E-state index contributed by atoms with van der Waals surface area (Å²) in [6.45, 7) is 10.8. The lowest BCUT2D eigenvalue weighted by Crippen LogP contribution is -2.22. The summed E-state index contributed by atoms with van der Waals surface area (Å²) in [4.78, 5) is 4.52. The molecule has 0 amide bonds. The second-order valence-corrected chi connectivity index (χ2v) is 4.86. The molecule has 1 aromatic rings. The zero-order chi connectivity index (χ0) is 12.1. The first-order valence-corrected chi connectivity index (χ1v) is 6.18. The SMILES string of the molecule is CCC(Oc1cccc(C(C)C)n1)C(C)C. The number of pyridine rings is 1. The molecule has 0 saturated carbocycles. The average Bonchev–Trinajstić information content (AvgIpc) is 2.25. The Morgan fingerprint density at radius 1 is 1.19 bits per heavy atom. The van der Waals surface area contributed by atoms with Gasteiger partial charge in [-0.15, -0.1) is 0 Å². The molecule has 0 fully saturated rings. The molecular formula is C14H23NO. The third kappa shape index (κ3) is 3.51. The van der Waals surface area contributed by atoms with E-state index in [9.17, 15) is 0 Å². The van der Waals surface area contributed by atoms with Crippen LogP contribution in [0.3, 0.4) is 0 Å². The highest BCUT2D eigenvalue weighted by Crippen LogP contribution is 2.19. The molecule has 0 aliphatic rings. The lowest BCUT2D eigenvalue weighted by atomic mass is 10.1. The molecule has 0 spiro atoms. The van der Waals surface area contributed by atoms with Crippen molar-refractivity contribution < 1.29 is 4.74 Å². The fraction of sp³-hybridized carbons (Fsp3) is 0.643. The van der Waals surface area contributed by atoms with E-state index in [1.54, 1.807) is 0 Å². The Kier molecular flexibility index (Phi) is 4.78. The number of hydrogen-bond acceptors (Lipinski definition) is 2. The maximum absolute atomic E-state index is 5.90. The quantitative estimate of drug-likeness (QED) is 0.749. The van der Waals surface area contributed by atoms with Gasteiger partial charge in [-0.25, -0.2) is 4.98 Å². The van der Waals surface area contributed by atoms with E-state index < -0.39 is 0 Å². The molecule has 0 bridgehead atoms. The van der Waals surface area contributed by atoms with E-state index in [1.165, 1.54) is 0 Å². The average molecular weight is 221 g/mol. The zero-order valence-corrected chi connectivity index (χ0v) is 11.0. The smallest absolute Gasteiger partial charge is 0.213 e. The zero-order valence-electron chi connectivity index (χ0n) is 11.0. The highest BCUT2D eigenvalue weighted by molar-refractivity contribution is 5.18. The van der Waals surface area contributed by atoms with E-state index in [2.05, 4.69) is 39.6 Å². The molecule has 0 radical (unpaired) electrons. The summed E-state index contributed by atoms with van der Waals surface area (Å²) < 4.78 is 5.90. The number of hydrogen-bond donors (Lipinski definition) is 0. The summed E-state index contributed by atoms with van der Waals surface area (Å²) in [5.74, 6) is 1.73. The van der Waals surface area contributed by atoms with Crippen molar-refractivity contribution in [1.29, 1.82) is 0 Å². The van der Waals surface area contributed by atoms with Gasteiger partial charge in [0.05, 0.1) is 0 Å². The van der Waals surface area contributed by atoms with Crippen LogP contribution in [0, 0.1) is 5.92 Å². The van der Waals surface area contributed by atoms with Gasteiger partial charge in [0.1, 0.15) is 6.10 Å². The third-order valence-corrected chi connectivity index (χ3v) is 2.75. The van der Waals surface area contributed by atoms with Gasteiger partial charge in [-0.3, -0.25) is 0 Å². The maximum atomic E-state index is 5.90. The maximum Gasteiger partial charge on any atom is 0.213 e. The molecule has 1 rings (SSSR count). The second-order valence-electron chi connectivity index (χ2n) is 4.86. The van der Waals surface area contributed by atoms with Gasteiger partial charge >= 0.3 is 0 Å². The van der Waals surface area contributed by atoms with E-state index in [-0.39, 0.29) is 6.10 Å². The van der Waals surface area contributed by atoms with Crippen molar-refractivity contribution in [1.82, 2.24) is 4.98 Å². The Balaban J connectivity index is 2.76. The topological polar surface area (TPSA) is 22.1 Å². The summed E-state index contributed by atoms with van der Waals surface area (Å²) in [7, 11) is 0. The standard InChI is InChI=1S/C14H23NO/c1-6-13(11(4)5)16-14-9-7-8-12(15-14)10(2)3/h7-11,13H,6H2,1-5H3. The molecule has 1 aromatic heterocycles. The van der Waals surface area contributed by atoms with Crippen LogP contribution in [0.4, 0.5) is 0 Å². The Labute approximate surface area is 99.0 Å². The largest absolute Gasteiger partial charge is 0.474 e. The Bertz CT molecular complexity index is 320. The van der Waals surface area contributed by atoms with Crippen LogP contribution in [0.15, 0.2) is 18.2 Å². The van der Waals surface area contributed by atoms with Gasteiger partial charge < -0.3 is 4.74 Å². The van der Waals surface area contributed by atoms with Gasteiger partial charge in [0, 0.05) is 11.8 Å². The minimum absolute atomic E-state index is 0.259. The lowest BCUT2D eigenvalue weighted by molar-refractivity contribution is 0.140. The first-order chi connectivity index (χ1) is 7.54. The number of rotatable bonds is 5. The fourth-order valence-electron chi connectivity index (χ4n) is 1.66. The van der Waals surface area contributed by atoms with Crippen molar-refractivity contribution in [2.24, 2.45) is 5.92 Å². The van der Waals surface area contributed by atoms with E-state index >= 15 is 0 Å². The molecule has 2 heteroatoms. The number of nitrogens with zero attached hydrogens (tertiary/aromatic N) is 1. The number of aromatic nitrogens is 1. The van der Waals surface area contributed by atoms with Crippen LogP contribution in [0.2, 0.25) is 0 Å². The fourth-order valence-corrected chi connectivity index (χ4v) is 1.66. The van der Waals surface area contributed by atoms with Crippen molar-refractivity contribution in [3.63, 3.8) is 0 Å². The Morgan fingerprint density at radius 3 is 2.38 bits per heavy atom. The first-order valence-electron chi connectivity index (χ1n) is 6.18. The first kappa shape index (κ1) is 13.0. The van der Waals surface area contributed by atoms with Gasteiger partial charge in [-0.05, 0) is 24.3 Å². The van der Waals surface area contributed by atoms with Crippen LogP contribution in [0.25, 0.3) is 0 Å². The van der Waals surface area contributed by atoms with Crippen LogP contribution in [0.5, 0.6) is 5.88 Å². The van der Waals surface area contributed by atoms with Crippen molar-refractivity contribution in [2.75, 3.05) is 0 Å². The highest BCUT2D eigenvalue weighted by atomic mass is 16.5. The molecular weight excluding hydrogens is 198 g/mol. The monoisotopic (exact) mass is 221 g/mol. The highest BCUT2D eigenvalue weighted by Gasteiger charge is 2.13. The number of ether oxygens (including phenoxy) is 1. The molecule has 0 N–H and O–H groups in total. The predicted molar refractivity (Wildman–Crippen MR) is 67.9 cm³/mol. The van der Waals surface area contributed by atoms with Crippen molar-refractivity contribution in [3.8, 4) is 5.88 Å². The van der Waals surface area contributed by atoms with Gasteiger partial charge in [-0.1, -0.05) is 40.7 Å². The van der Waals surface area contributed by atoms with Gasteiger partial charge in [-0.2, -0.15) is 0 Å².